The SMILES string of the molecule is O=C(NCCc1ccc(O)c(O)c1)C1c2ccccc2Oc2ccccc21. The molecule has 5 heteroatoms. The fourth-order valence-electron chi connectivity index (χ4n) is 3.35. The lowest BCUT2D eigenvalue weighted by Gasteiger charge is -2.27. The summed E-state index contributed by atoms with van der Waals surface area (Å²) in [6, 6.07) is 19.8. The minimum Gasteiger partial charge on any atom is -0.504 e. The maximum absolute atomic E-state index is 13.0. The number of fused-ring (bicyclic) bond motifs is 2. The van der Waals surface area contributed by atoms with Crippen molar-refractivity contribution in [2.24, 2.45) is 0 Å². The smallest absolute Gasteiger partial charge is 0.232 e. The molecular weight excluding hydrogens is 342 g/mol. The highest BCUT2D eigenvalue weighted by atomic mass is 16.5. The first kappa shape index (κ1) is 17.0. The van der Waals surface area contributed by atoms with E-state index in [-0.39, 0.29) is 17.4 Å². The van der Waals surface area contributed by atoms with Crippen LogP contribution in [0.3, 0.4) is 0 Å². The van der Waals surface area contributed by atoms with Crippen molar-refractivity contribution in [3.05, 3.63) is 83.4 Å². The van der Waals surface area contributed by atoms with Crippen LogP contribution in [0.2, 0.25) is 0 Å². The van der Waals surface area contributed by atoms with Crippen LogP contribution in [0.1, 0.15) is 22.6 Å². The van der Waals surface area contributed by atoms with Crippen LogP contribution in [-0.2, 0) is 11.2 Å². The summed E-state index contributed by atoms with van der Waals surface area (Å²) in [5.41, 5.74) is 2.52. The Morgan fingerprint density at radius 3 is 2.15 bits per heavy atom. The maximum atomic E-state index is 13.0. The van der Waals surface area contributed by atoms with Crippen molar-refractivity contribution in [2.45, 2.75) is 12.3 Å². The van der Waals surface area contributed by atoms with Crippen molar-refractivity contribution in [1.82, 2.24) is 5.32 Å². The van der Waals surface area contributed by atoms with Crippen molar-refractivity contribution < 1.29 is 19.7 Å². The van der Waals surface area contributed by atoms with Gasteiger partial charge in [-0.2, -0.15) is 0 Å². The molecule has 5 nitrogen and oxygen atoms in total. The molecule has 0 aromatic heterocycles. The fourth-order valence-corrected chi connectivity index (χ4v) is 3.35. The summed E-state index contributed by atoms with van der Waals surface area (Å²) in [5, 5.41) is 21.9. The molecule has 0 spiro atoms. The minimum absolute atomic E-state index is 0.0961. The van der Waals surface area contributed by atoms with Gasteiger partial charge in [-0.15, -0.1) is 0 Å². The highest BCUT2D eigenvalue weighted by Crippen LogP contribution is 2.43. The Morgan fingerprint density at radius 1 is 0.889 bits per heavy atom. The number of phenolic OH excluding ortho intramolecular Hbond substituents is 2. The molecule has 3 aromatic carbocycles. The van der Waals surface area contributed by atoms with Gasteiger partial charge in [0.25, 0.3) is 0 Å². The third-order valence-corrected chi connectivity index (χ3v) is 4.69. The topological polar surface area (TPSA) is 78.8 Å². The fraction of sp³-hybridized carbons (Fsp3) is 0.136. The lowest BCUT2D eigenvalue weighted by Crippen LogP contribution is -2.33. The number of hydrogen-bond donors (Lipinski definition) is 3. The van der Waals surface area contributed by atoms with Crippen LogP contribution >= 0.6 is 0 Å². The Balaban J connectivity index is 1.52. The van der Waals surface area contributed by atoms with E-state index in [2.05, 4.69) is 5.32 Å². The Morgan fingerprint density at radius 2 is 1.52 bits per heavy atom. The highest BCUT2D eigenvalue weighted by Gasteiger charge is 2.32. The first-order valence-corrected chi connectivity index (χ1v) is 8.78. The van der Waals surface area contributed by atoms with Gasteiger partial charge in [-0.05, 0) is 36.2 Å². The number of carbonyl (C=O) groups is 1. The summed E-state index contributed by atoms with van der Waals surface area (Å²) in [4.78, 5) is 13.0. The molecular formula is C22H19NO4. The van der Waals surface area contributed by atoms with E-state index in [0.29, 0.717) is 24.5 Å². The highest BCUT2D eigenvalue weighted by molar-refractivity contribution is 5.89. The normalized spacial score (nSPS) is 12.6. The van der Waals surface area contributed by atoms with Crippen molar-refractivity contribution >= 4 is 5.91 Å². The van der Waals surface area contributed by atoms with Crippen molar-refractivity contribution in [1.29, 1.82) is 0 Å². The predicted octanol–water partition coefficient (Wildman–Crippen LogP) is 3.69. The van der Waals surface area contributed by atoms with E-state index in [1.807, 2.05) is 48.5 Å². The largest absolute Gasteiger partial charge is 0.504 e. The number of hydrogen-bond acceptors (Lipinski definition) is 4. The number of rotatable bonds is 4. The molecule has 3 aromatic rings. The average Bonchev–Trinajstić information content (AvgIpc) is 2.68. The lowest BCUT2D eigenvalue weighted by molar-refractivity contribution is -0.121. The van der Waals surface area contributed by atoms with Crippen LogP contribution in [0.5, 0.6) is 23.0 Å². The molecule has 0 saturated carbocycles. The van der Waals surface area contributed by atoms with Crippen LogP contribution in [0.4, 0.5) is 0 Å². The summed E-state index contributed by atoms with van der Waals surface area (Å²) >= 11 is 0. The summed E-state index contributed by atoms with van der Waals surface area (Å²) in [7, 11) is 0. The summed E-state index contributed by atoms with van der Waals surface area (Å²) < 4.78 is 5.92. The van der Waals surface area contributed by atoms with Crippen LogP contribution in [-0.4, -0.2) is 22.7 Å². The number of phenols is 2. The first-order chi connectivity index (χ1) is 13.1. The monoisotopic (exact) mass is 361 g/mol. The van der Waals surface area contributed by atoms with E-state index < -0.39 is 5.92 Å². The van der Waals surface area contributed by atoms with Gasteiger partial charge in [0.2, 0.25) is 5.91 Å². The van der Waals surface area contributed by atoms with Gasteiger partial charge < -0.3 is 20.3 Å². The standard InChI is InChI=1S/C22H19NO4/c24-17-10-9-14(13-18(17)25)11-12-23-22(26)21-15-5-1-3-7-19(15)27-20-8-4-2-6-16(20)21/h1-10,13,21,24-25H,11-12H2,(H,23,26). The second-order valence-corrected chi connectivity index (χ2v) is 6.47. The molecule has 0 saturated heterocycles. The molecule has 0 aliphatic carbocycles. The Kier molecular flexibility index (Phi) is 4.42. The molecule has 0 fully saturated rings. The van der Waals surface area contributed by atoms with Crippen LogP contribution in [0.25, 0.3) is 0 Å². The predicted molar refractivity (Wildman–Crippen MR) is 101 cm³/mol. The molecule has 1 amide bonds. The lowest BCUT2D eigenvalue weighted by atomic mass is 9.87. The van der Waals surface area contributed by atoms with E-state index in [1.54, 1.807) is 6.07 Å². The van der Waals surface area contributed by atoms with E-state index in [9.17, 15) is 15.0 Å². The molecule has 0 unspecified atom stereocenters. The van der Waals surface area contributed by atoms with Crippen LogP contribution in [0, 0.1) is 0 Å². The van der Waals surface area contributed by atoms with Gasteiger partial charge >= 0.3 is 0 Å². The Labute approximate surface area is 156 Å². The maximum Gasteiger partial charge on any atom is 0.232 e. The van der Waals surface area contributed by atoms with Gasteiger partial charge in [-0.3, -0.25) is 4.79 Å². The number of ether oxygens (including phenoxy) is 1. The molecule has 0 atom stereocenters. The van der Waals surface area contributed by atoms with Gasteiger partial charge in [0.1, 0.15) is 11.5 Å². The van der Waals surface area contributed by atoms with E-state index in [0.717, 1.165) is 16.7 Å². The second kappa shape index (κ2) is 7.03. The molecule has 1 aliphatic rings. The molecule has 27 heavy (non-hydrogen) atoms. The van der Waals surface area contributed by atoms with Crippen molar-refractivity contribution in [3.8, 4) is 23.0 Å². The molecule has 0 bridgehead atoms. The van der Waals surface area contributed by atoms with Crippen LogP contribution < -0.4 is 10.1 Å². The quantitative estimate of drug-likeness (QED) is 0.619. The molecule has 4 rings (SSSR count). The van der Waals surface area contributed by atoms with E-state index in [1.165, 1.54) is 12.1 Å². The number of benzene rings is 3. The van der Waals surface area contributed by atoms with Gasteiger partial charge in [0.15, 0.2) is 11.5 Å². The number of para-hydroxylation sites is 2. The molecule has 1 aliphatic heterocycles. The first-order valence-electron chi connectivity index (χ1n) is 8.78. The summed E-state index contributed by atoms with van der Waals surface area (Å²) in [6.07, 6.45) is 0.548. The second-order valence-electron chi connectivity index (χ2n) is 6.47. The third kappa shape index (κ3) is 3.31. The minimum atomic E-state index is -0.431. The van der Waals surface area contributed by atoms with Crippen LogP contribution in [0.15, 0.2) is 66.7 Å². The molecule has 136 valence electrons. The molecule has 1 heterocycles. The van der Waals surface area contributed by atoms with Gasteiger partial charge in [0.05, 0.1) is 5.92 Å². The van der Waals surface area contributed by atoms with Gasteiger partial charge in [-0.25, -0.2) is 0 Å². The van der Waals surface area contributed by atoms with E-state index >= 15 is 0 Å². The zero-order chi connectivity index (χ0) is 18.8. The van der Waals surface area contributed by atoms with E-state index in [4.69, 9.17) is 4.74 Å². The van der Waals surface area contributed by atoms with Crippen molar-refractivity contribution in [2.75, 3.05) is 6.54 Å². The number of nitrogens with one attached hydrogen (secondary N) is 1. The Bertz CT molecular complexity index is 954. The summed E-state index contributed by atoms with van der Waals surface area (Å²) in [6.45, 7) is 0.421. The molecule has 3 N–H and O–H groups in total. The van der Waals surface area contributed by atoms with Crippen molar-refractivity contribution in [3.63, 3.8) is 0 Å². The number of aromatic hydroxyl groups is 2. The number of amides is 1. The summed E-state index contributed by atoms with van der Waals surface area (Å²) in [5.74, 6) is 0.546. The molecule has 0 radical (unpaired) electrons. The zero-order valence-electron chi connectivity index (χ0n) is 14.6. The Hall–Kier alpha value is -3.47. The average molecular weight is 361 g/mol. The van der Waals surface area contributed by atoms with Gasteiger partial charge in [-0.1, -0.05) is 42.5 Å². The number of carbonyl (C=O) groups excluding carboxylic acids is 1. The zero-order valence-corrected chi connectivity index (χ0v) is 14.6. The van der Waals surface area contributed by atoms with Gasteiger partial charge in [0, 0.05) is 17.7 Å². The third-order valence-electron chi connectivity index (χ3n) is 4.69.